The first kappa shape index (κ1) is 20.9. The highest BCUT2D eigenvalue weighted by molar-refractivity contribution is 7.91. The van der Waals surface area contributed by atoms with Gasteiger partial charge in [-0.15, -0.1) is 11.3 Å². The molecule has 0 spiro atoms. The van der Waals surface area contributed by atoms with Crippen molar-refractivity contribution in [3.8, 4) is 6.07 Å². The maximum Gasteiger partial charge on any atom is 0.341 e. The Labute approximate surface area is 168 Å². The van der Waals surface area contributed by atoms with Crippen molar-refractivity contribution < 1.29 is 31.5 Å². The highest BCUT2D eigenvalue weighted by atomic mass is 32.2. The molecule has 0 fully saturated rings. The van der Waals surface area contributed by atoms with Crippen molar-refractivity contribution in [2.24, 2.45) is 0 Å². The molecule has 29 heavy (non-hydrogen) atoms. The Morgan fingerprint density at radius 3 is 2.55 bits per heavy atom. The fourth-order valence-corrected chi connectivity index (χ4v) is 4.85. The summed E-state index contributed by atoms with van der Waals surface area (Å²) in [6, 6.07) is 5.86. The second-order valence-corrected chi connectivity index (χ2v) is 9.15. The molecule has 0 atom stereocenters. The average molecular weight is 440 g/mol. The third kappa shape index (κ3) is 4.28. The lowest BCUT2D eigenvalue weighted by atomic mass is 10.1. The monoisotopic (exact) mass is 440 g/mol. The van der Waals surface area contributed by atoms with Crippen LogP contribution >= 0.6 is 11.3 Å². The number of aryl methyl sites for hydroxylation is 1. The lowest BCUT2D eigenvalue weighted by Gasteiger charge is -2.07. The summed E-state index contributed by atoms with van der Waals surface area (Å²) in [6.45, 7) is -0.622. The van der Waals surface area contributed by atoms with E-state index in [1.165, 1.54) is 11.3 Å². The van der Waals surface area contributed by atoms with Crippen LogP contribution in [0.15, 0.2) is 29.2 Å². The molecule has 2 aromatic rings. The number of halogens is 2. The topological polar surface area (TPSA) is 113 Å². The SMILES string of the molecule is N#Cc1c(NC(=O)COC(=O)c2ccc(S(=O)(=O)C(F)F)cc2)sc2c1CCC2. The van der Waals surface area contributed by atoms with Gasteiger partial charge in [-0.1, -0.05) is 0 Å². The van der Waals surface area contributed by atoms with E-state index in [-0.39, 0.29) is 5.56 Å². The minimum atomic E-state index is -4.76. The van der Waals surface area contributed by atoms with Crippen LogP contribution < -0.4 is 5.32 Å². The first-order chi connectivity index (χ1) is 13.7. The molecule has 152 valence electrons. The Morgan fingerprint density at radius 1 is 1.24 bits per heavy atom. The Kier molecular flexibility index (Phi) is 5.95. The number of nitriles is 1. The normalized spacial score (nSPS) is 13.0. The van der Waals surface area contributed by atoms with E-state index in [1.807, 2.05) is 0 Å². The standard InChI is InChI=1S/C18H14F2N2O5S2/c19-18(20)29(25,26)11-6-4-10(5-7-11)17(24)27-9-15(23)22-16-13(8-21)12-2-1-3-14(12)28-16/h4-7,18H,1-3,9H2,(H,22,23). The summed E-state index contributed by atoms with van der Waals surface area (Å²) in [7, 11) is -4.76. The molecule has 3 rings (SSSR count). The summed E-state index contributed by atoms with van der Waals surface area (Å²) in [4.78, 5) is 24.5. The van der Waals surface area contributed by atoms with Crippen LogP contribution in [-0.2, 0) is 32.2 Å². The van der Waals surface area contributed by atoms with Crippen LogP contribution in [0.2, 0.25) is 0 Å². The lowest BCUT2D eigenvalue weighted by Crippen LogP contribution is -2.21. The zero-order valence-electron chi connectivity index (χ0n) is 14.8. The number of alkyl halides is 2. The molecule has 0 unspecified atom stereocenters. The van der Waals surface area contributed by atoms with Crippen LogP contribution in [0.5, 0.6) is 0 Å². The van der Waals surface area contributed by atoms with Crippen LogP contribution in [0.25, 0.3) is 0 Å². The molecule has 0 saturated heterocycles. The molecule has 1 N–H and O–H groups in total. The van der Waals surface area contributed by atoms with E-state index in [4.69, 9.17) is 4.74 Å². The van der Waals surface area contributed by atoms with Crippen molar-refractivity contribution in [1.82, 2.24) is 0 Å². The van der Waals surface area contributed by atoms with Gasteiger partial charge in [-0.25, -0.2) is 13.2 Å². The average Bonchev–Trinajstić information content (AvgIpc) is 3.26. The largest absolute Gasteiger partial charge is 0.452 e. The van der Waals surface area contributed by atoms with Gasteiger partial charge in [0.15, 0.2) is 6.61 Å². The number of thiophene rings is 1. The van der Waals surface area contributed by atoms with E-state index in [1.54, 1.807) is 0 Å². The molecule has 0 radical (unpaired) electrons. The first-order valence-corrected chi connectivity index (χ1v) is 10.7. The third-order valence-electron chi connectivity index (χ3n) is 4.27. The van der Waals surface area contributed by atoms with Crippen LogP contribution in [0.1, 0.15) is 32.8 Å². The van der Waals surface area contributed by atoms with Gasteiger partial charge in [-0.05, 0) is 49.1 Å². The zero-order valence-corrected chi connectivity index (χ0v) is 16.4. The molecule has 1 heterocycles. The van der Waals surface area contributed by atoms with Gasteiger partial charge in [0.25, 0.3) is 5.91 Å². The summed E-state index contributed by atoms with van der Waals surface area (Å²) in [5.74, 6) is -5.12. The number of nitrogens with zero attached hydrogens (tertiary/aromatic N) is 1. The Balaban J connectivity index is 1.60. The molecular formula is C18H14F2N2O5S2. The second kappa shape index (κ2) is 8.26. The minimum absolute atomic E-state index is 0.0983. The maximum atomic E-state index is 12.5. The number of anilines is 1. The van der Waals surface area contributed by atoms with E-state index >= 15 is 0 Å². The molecule has 1 aromatic heterocycles. The van der Waals surface area contributed by atoms with Gasteiger partial charge in [0.2, 0.25) is 9.84 Å². The number of esters is 1. The number of hydrogen-bond acceptors (Lipinski definition) is 7. The predicted octanol–water partition coefficient (Wildman–Crippen LogP) is 2.90. The van der Waals surface area contributed by atoms with Crippen LogP contribution in [0.3, 0.4) is 0 Å². The van der Waals surface area contributed by atoms with E-state index in [0.717, 1.165) is 54.0 Å². The second-order valence-electron chi connectivity index (χ2n) is 6.13. The molecule has 11 heteroatoms. The van der Waals surface area contributed by atoms with E-state index < -0.39 is 39.0 Å². The summed E-state index contributed by atoms with van der Waals surface area (Å²) in [5, 5.41) is 12.3. The van der Waals surface area contributed by atoms with E-state index in [0.29, 0.717) is 10.6 Å². The maximum absolute atomic E-state index is 12.5. The van der Waals surface area contributed by atoms with Crippen molar-refractivity contribution in [3.05, 3.63) is 45.8 Å². The summed E-state index contributed by atoms with van der Waals surface area (Å²) in [6.07, 6.45) is 2.62. The first-order valence-electron chi connectivity index (χ1n) is 8.37. The van der Waals surface area contributed by atoms with Crippen molar-refractivity contribution >= 4 is 38.1 Å². The number of sulfone groups is 1. The van der Waals surface area contributed by atoms with Crippen LogP contribution in [0, 0.1) is 11.3 Å². The molecule has 1 aliphatic carbocycles. The number of hydrogen-bond donors (Lipinski definition) is 1. The number of carbonyl (C=O) groups is 2. The van der Waals surface area contributed by atoms with E-state index in [2.05, 4.69) is 11.4 Å². The predicted molar refractivity (Wildman–Crippen MR) is 99.6 cm³/mol. The summed E-state index contributed by atoms with van der Waals surface area (Å²) >= 11 is 1.33. The fourth-order valence-electron chi connectivity index (χ4n) is 2.87. The molecule has 7 nitrogen and oxygen atoms in total. The molecule has 1 aliphatic rings. The molecule has 0 bridgehead atoms. The number of benzene rings is 1. The van der Waals surface area contributed by atoms with Gasteiger partial charge in [-0.3, -0.25) is 4.79 Å². The van der Waals surface area contributed by atoms with Crippen molar-refractivity contribution in [1.29, 1.82) is 5.26 Å². The lowest BCUT2D eigenvalue weighted by molar-refractivity contribution is -0.119. The number of fused-ring (bicyclic) bond motifs is 1. The number of amides is 1. The molecule has 0 aliphatic heterocycles. The number of nitrogens with one attached hydrogen (secondary N) is 1. The smallest absolute Gasteiger partial charge is 0.341 e. The van der Waals surface area contributed by atoms with Gasteiger partial charge in [-0.2, -0.15) is 14.0 Å². The summed E-state index contributed by atoms with van der Waals surface area (Å²) < 4.78 is 52.6. The van der Waals surface area contributed by atoms with E-state index in [9.17, 15) is 32.0 Å². The van der Waals surface area contributed by atoms with Crippen molar-refractivity contribution in [3.63, 3.8) is 0 Å². The molecule has 1 aromatic carbocycles. The third-order valence-corrected chi connectivity index (χ3v) is 6.88. The number of rotatable bonds is 6. The highest BCUT2D eigenvalue weighted by Gasteiger charge is 2.27. The quantitative estimate of drug-likeness (QED) is 0.691. The number of ether oxygens (including phenoxy) is 1. The van der Waals surface area contributed by atoms with Gasteiger partial charge >= 0.3 is 11.7 Å². The number of carbonyl (C=O) groups excluding carboxylic acids is 2. The molecular weight excluding hydrogens is 426 g/mol. The van der Waals surface area contributed by atoms with Gasteiger partial charge < -0.3 is 10.1 Å². The van der Waals surface area contributed by atoms with Gasteiger partial charge in [0.05, 0.1) is 16.0 Å². The van der Waals surface area contributed by atoms with Crippen molar-refractivity contribution in [2.75, 3.05) is 11.9 Å². The summed E-state index contributed by atoms with van der Waals surface area (Å²) in [5.41, 5.74) is 1.28. The van der Waals surface area contributed by atoms with Gasteiger partial charge in [0.1, 0.15) is 11.1 Å². The van der Waals surface area contributed by atoms with Crippen LogP contribution in [0.4, 0.5) is 13.8 Å². The zero-order chi connectivity index (χ0) is 21.2. The van der Waals surface area contributed by atoms with Crippen molar-refractivity contribution in [2.45, 2.75) is 29.9 Å². The minimum Gasteiger partial charge on any atom is -0.452 e. The Morgan fingerprint density at radius 2 is 1.93 bits per heavy atom. The Hall–Kier alpha value is -2.84. The van der Waals surface area contributed by atoms with Gasteiger partial charge in [0, 0.05) is 4.88 Å². The highest BCUT2D eigenvalue weighted by Crippen LogP contribution is 2.38. The molecule has 0 saturated carbocycles. The molecule has 1 amide bonds. The fraction of sp³-hybridized carbons (Fsp3) is 0.278. The van der Waals surface area contributed by atoms with Crippen LogP contribution in [-0.4, -0.2) is 32.7 Å². The Bertz CT molecular complexity index is 1100.